The SMILES string of the molecule is COc1ccc(Nc2nc3ccc(C)c(C)c3[nH]2)c(Oc2ccccc2C(C)(C)C)n1. The minimum atomic E-state index is -0.0722. The number of rotatable bonds is 5. The van der Waals surface area contributed by atoms with Gasteiger partial charge in [0, 0.05) is 11.6 Å². The second-order valence-electron chi connectivity index (χ2n) is 8.67. The molecule has 2 heterocycles. The molecule has 2 N–H and O–H groups in total. The molecule has 4 rings (SSSR count). The monoisotopic (exact) mass is 416 g/mol. The molecule has 0 atom stereocenters. The van der Waals surface area contributed by atoms with Gasteiger partial charge in [0.15, 0.2) is 0 Å². The van der Waals surface area contributed by atoms with Crippen LogP contribution in [0.1, 0.15) is 37.5 Å². The lowest BCUT2D eigenvalue weighted by atomic mass is 9.86. The van der Waals surface area contributed by atoms with Crippen LogP contribution >= 0.6 is 0 Å². The molecule has 0 radical (unpaired) electrons. The maximum absolute atomic E-state index is 6.30. The highest BCUT2D eigenvalue weighted by Gasteiger charge is 2.20. The number of ether oxygens (including phenoxy) is 2. The molecule has 0 aliphatic heterocycles. The molecule has 0 bridgehead atoms. The van der Waals surface area contributed by atoms with Gasteiger partial charge < -0.3 is 19.8 Å². The number of nitrogens with zero attached hydrogens (tertiary/aromatic N) is 2. The molecule has 6 nitrogen and oxygen atoms in total. The Balaban J connectivity index is 1.73. The summed E-state index contributed by atoms with van der Waals surface area (Å²) in [6.07, 6.45) is 0. The summed E-state index contributed by atoms with van der Waals surface area (Å²) in [5.74, 6) is 2.29. The third-order valence-electron chi connectivity index (χ3n) is 5.39. The molecule has 31 heavy (non-hydrogen) atoms. The number of aryl methyl sites for hydroxylation is 2. The third kappa shape index (κ3) is 4.19. The zero-order valence-electron chi connectivity index (χ0n) is 18.8. The second kappa shape index (κ2) is 7.95. The standard InChI is InChI=1S/C25H28N4O2/c1-15-11-12-18-22(16(15)2)29-24(26-18)27-19-13-14-21(30-6)28-23(19)31-20-10-8-7-9-17(20)25(3,4)5/h7-14H,1-6H3,(H2,26,27,29). The molecule has 0 aliphatic carbocycles. The van der Waals surface area contributed by atoms with E-state index in [1.807, 2.05) is 30.3 Å². The van der Waals surface area contributed by atoms with Crippen LogP contribution in [0, 0.1) is 13.8 Å². The molecule has 0 saturated heterocycles. The topological polar surface area (TPSA) is 72.1 Å². The highest BCUT2D eigenvalue weighted by Crippen LogP contribution is 2.37. The van der Waals surface area contributed by atoms with Gasteiger partial charge in [-0.2, -0.15) is 4.98 Å². The average Bonchev–Trinajstić information content (AvgIpc) is 3.15. The maximum atomic E-state index is 6.30. The molecule has 0 saturated carbocycles. The number of pyridine rings is 1. The molecule has 160 valence electrons. The summed E-state index contributed by atoms with van der Waals surface area (Å²) in [5, 5.41) is 3.33. The van der Waals surface area contributed by atoms with Crippen molar-refractivity contribution in [3.05, 3.63) is 65.2 Å². The minimum absolute atomic E-state index is 0.0722. The van der Waals surface area contributed by atoms with Crippen molar-refractivity contribution in [3.63, 3.8) is 0 Å². The zero-order chi connectivity index (χ0) is 22.2. The molecule has 0 aliphatic rings. The molecule has 4 aromatic rings. The van der Waals surface area contributed by atoms with Crippen molar-refractivity contribution in [2.45, 2.75) is 40.0 Å². The van der Waals surface area contributed by atoms with E-state index in [4.69, 9.17) is 9.47 Å². The lowest BCUT2D eigenvalue weighted by Gasteiger charge is -2.23. The smallest absolute Gasteiger partial charge is 0.246 e. The van der Waals surface area contributed by atoms with Crippen LogP contribution in [0.5, 0.6) is 17.5 Å². The summed E-state index contributed by atoms with van der Waals surface area (Å²) in [6.45, 7) is 10.7. The van der Waals surface area contributed by atoms with Crippen LogP contribution < -0.4 is 14.8 Å². The average molecular weight is 417 g/mol. The van der Waals surface area contributed by atoms with Gasteiger partial charge >= 0.3 is 0 Å². The number of imidazole rings is 1. The predicted molar refractivity (Wildman–Crippen MR) is 125 cm³/mol. The Bertz CT molecular complexity index is 1240. The number of hydrogen-bond acceptors (Lipinski definition) is 5. The fourth-order valence-electron chi connectivity index (χ4n) is 3.50. The quantitative estimate of drug-likeness (QED) is 0.393. The van der Waals surface area contributed by atoms with Crippen molar-refractivity contribution < 1.29 is 9.47 Å². The van der Waals surface area contributed by atoms with E-state index in [-0.39, 0.29) is 5.41 Å². The summed E-state index contributed by atoms with van der Waals surface area (Å²) in [6, 6.07) is 15.8. The molecule has 2 aromatic carbocycles. The lowest BCUT2D eigenvalue weighted by Crippen LogP contribution is -2.12. The molecule has 0 fully saturated rings. The van der Waals surface area contributed by atoms with Gasteiger partial charge in [-0.3, -0.25) is 0 Å². The maximum Gasteiger partial charge on any atom is 0.246 e. The van der Waals surface area contributed by atoms with Gasteiger partial charge in [-0.05, 0) is 48.6 Å². The summed E-state index contributed by atoms with van der Waals surface area (Å²) >= 11 is 0. The number of para-hydroxylation sites is 1. The van der Waals surface area contributed by atoms with Gasteiger partial charge in [0.2, 0.25) is 17.7 Å². The van der Waals surface area contributed by atoms with Gasteiger partial charge in [-0.1, -0.05) is 45.0 Å². The number of H-pyrrole nitrogens is 1. The first-order valence-corrected chi connectivity index (χ1v) is 10.3. The molecule has 0 unspecified atom stereocenters. The van der Waals surface area contributed by atoms with Crippen LogP contribution in [0.2, 0.25) is 0 Å². The van der Waals surface area contributed by atoms with Gasteiger partial charge in [-0.25, -0.2) is 4.98 Å². The number of nitrogens with one attached hydrogen (secondary N) is 2. The first kappa shape index (κ1) is 20.7. The largest absolute Gasteiger partial charge is 0.481 e. The molecule has 6 heteroatoms. The number of aromatic amines is 1. The minimum Gasteiger partial charge on any atom is -0.481 e. The van der Waals surface area contributed by atoms with Crippen LogP contribution in [0.3, 0.4) is 0 Å². The van der Waals surface area contributed by atoms with E-state index in [0.717, 1.165) is 22.3 Å². The highest BCUT2D eigenvalue weighted by molar-refractivity contribution is 5.82. The summed E-state index contributed by atoms with van der Waals surface area (Å²) < 4.78 is 11.6. The van der Waals surface area contributed by atoms with Gasteiger partial charge in [-0.15, -0.1) is 0 Å². The Morgan fingerprint density at radius 3 is 2.45 bits per heavy atom. The van der Waals surface area contributed by atoms with Crippen LogP contribution in [0.4, 0.5) is 11.6 Å². The normalized spacial score (nSPS) is 11.5. The Kier molecular flexibility index (Phi) is 5.31. The van der Waals surface area contributed by atoms with Crippen LogP contribution in [-0.2, 0) is 5.41 Å². The molecule has 2 aromatic heterocycles. The van der Waals surface area contributed by atoms with E-state index < -0.39 is 0 Å². The van der Waals surface area contributed by atoms with Crippen molar-refractivity contribution in [1.82, 2.24) is 15.0 Å². The Labute approximate surface area is 182 Å². The van der Waals surface area contributed by atoms with Crippen LogP contribution in [0.25, 0.3) is 11.0 Å². The van der Waals surface area contributed by atoms with Crippen molar-refractivity contribution in [1.29, 1.82) is 0 Å². The van der Waals surface area contributed by atoms with Crippen molar-refractivity contribution in [3.8, 4) is 17.5 Å². The summed E-state index contributed by atoms with van der Waals surface area (Å²) in [5.41, 5.74) is 6.05. The van der Waals surface area contributed by atoms with E-state index >= 15 is 0 Å². The Morgan fingerprint density at radius 2 is 1.71 bits per heavy atom. The van der Waals surface area contributed by atoms with Gasteiger partial charge in [0.1, 0.15) is 11.4 Å². The number of fused-ring (bicyclic) bond motifs is 1. The highest BCUT2D eigenvalue weighted by atomic mass is 16.5. The first-order valence-electron chi connectivity index (χ1n) is 10.3. The Hall–Kier alpha value is -3.54. The second-order valence-corrected chi connectivity index (χ2v) is 8.67. The van der Waals surface area contributed by atoms with Crippen molar-refractivity contribution in [2.24, 2.45) is 0 Å². The van der Waals surface area contributed by atoms with Crippen molar-refractivity contribution >= 4 is 22.7 Å². The van der Waals surface area contributed by atoms with E-state index in [9.17, 15) is 0 Å². The zero-order valence-corrected chi connectivity index (χ0v) is 18.8. The lowest BCUT2D eigenvalue weighted by molar-refractivity contribution is 0.381. The summed E-state index contributed by atoms with van der Waals surface area (Å²) in [4.78, 5) is 12.6. The van der Waals surface area contributed by atoms with Crippen LogP contribution in [-0.4, -0.2) is 22.1 Å². The fourth-order valence-corrected chi connectivity index (χ4v) is 3.50. The molecule has 0 spiro atoms. The number of benzene rings is 2. The van der Waals surface area contributed by atoms with Gasteiger partial charge in [0.25, 0.3) is 0 Å². The predicted octanol–water partition coefficient (Wildman–Crippen LogP) is 6.42. The number of aromatic nitrogens is 3. The Morgan fingerprint density at radius 1 is 0.935 bits per heavy atom. The molecular weight excluding hydrogens is 388 g/mol. The number of anilines is 2. The third-order valence-corrected chi connectivity index (χ3v) is 5.39. The van der Waals surface area contributed by atoms with Crippen LogP contribution in [0.15, 0.2) is 48.5 Å². The van der Waals surface area contributed by atoms with E-state index in [0.29, 0.717) is 23.4 Å². The summed E-state index contributed by atoms with van der Waals surface area (Å²) in [7, 11) is 1.59. The number of hydrogen-bond donors (Lipinski definition) is 2. The van der Waals surface area contributed by atoms with Crippen molar-refractivity contribution in [2.75, 3.05) is 12.4 Å². The first-order chi connectivity index (χ1) is 14.8. The van der Waals surface area contributed by atoms with E-state index in [2.05, 4.69) is 67.0 Å². The molecular formula is C25H28N4O2. The van der Waals surface area contributed by atoms with E-state index in [1.165, 1.54) is 11.1 Å². The molecule has 0 amide bonds. The fraction of sp³-hybridized carbons (Fsp3) is 0.280. The number of methoxy groups -OCH3 is 1. The van der Waals surface area contributed by atoms with Gasteiger partial charge in [0.05, 0.1) is 18.1 Å². The van der Waals surface area contributed by atoms with E-state index in [1.54, 1.807) is 13.2 Å².